The van der Waals surface area contributed by atoms with Crippen molar-refractivity contribution in [3.05, 3.63) is 104 Å². The van der Waals surface area contributed by atoms with Gasteiger partial charge in [-0.1, -0.05) is 59.6 Å². The van der Waals surface area contributed by atoms with Crippen LogP contribution in [-0.4, -0.2) is 82.8 Å². The molecule has 0 aliphatic carbocycles. The fourth-order valence-corrected chi connectivity index (χ4v) is 9.31. The summed E-state index contributed by atoms with van der Waals surface area (Å²) in [5.74, 6) is 1.93. The zero-order valence-corrected chi connectivity index (χ0v) is 30.9. The van der Waals surface area contributed by atoms with Crippen LogP contribution in [0.1, 0.15) is 78.5 Å². The third-order valence-corrected chi connectivity index (χ3v) is 12.0. The number of benzene rings is 3. The van der Waals surface area contributed by atoms with Gasteiger partial charge in [0.2, 0.25) is 5.56 Å². The molecule has 1 amide bonds. The van der Waals surface area contributed by atoms with Crippen LogP contribution in [0.2, 0.25) is 10.0 Å². The molecule has 3 aromatic carbocycles. The molecule has 4 fully saturated rings. The van der Waals surface area contributed by atoms with Crippen LogP contribution in [-0.2, 0) is 0 Å². The number of H-pyrrole nitrogens is 1. The first-order valence-electron chi connectivity index (χ1n) is 18.7. The van der Waals surface area contributed by atoms with E-state index in [-0.39, 0.29) is 23.3 Å². The number of phenols is 1. The molecule has 4 saturated heterocycles. The molecule has 2 bridgehead atoms. The lowest BCUT2D eigenvalue weighted by atomic mass is 9.70. The van der Waals surface area contributed by atoms with Crippen LogP contribution in [0.5, 0.6) is 11.5 Å². The number of pyridine rings is 1. The highest BCUT2D eigenvalue weighted by Gasteiger charge is 2.44. The van der Waals surface area contributed by atoms with Crippen molar-refractivity contribution in [3.63, 3.8) is 0 Å². The molecule has 0 radical (unpaired) electrons. The van der Waals surface area contributed by atoms with Gasteiger partial charge in [0, 0.05) is 42.7 Å². The van der Waals surface area contributed by atoms with E-state index in [1.165, 1.54) is 43.6 Å². The fourth-order valence-electron chi connectivity index (χ4n) is 8.72. The van der Waals surface area contributed by atoms with Gasteiger partial charge in [-0.25, -0.2) is 0 Å². The molecule has 4 unspecified atom stereocenters. The van der Waals surface area contributed by atoms with Gasteiger partial charge in [-0.05, 0) is 118 Å². The minimum absolute atomic E-state index is 0.00513. The number of aliphatic hydroxyl groups excluding tert-OH is 1. The quantitative estimate of drug-likeness (QED) is 0.107. The summed E-state index contributed by atoms with van der Waals surface area (Å²) in [4.78, 5) is 33.2. The minimum Gasteiger partial charge on any atom is -0.506 e. The van der Waals surface area contributed by atoms with E-state index in [9.17, 15) is 19.8 Å². The van der Waals surface area contributed by atoms with Gasteiger partial charge in [0.1, 0.15) is 5.75 Å². The number of aromatic nitrogens is 1. The number of piperidine rings is 4. The van der Waals surface area contributed by atoms with Gasteiger partial charge in [-0.2, -0.15) is 0 Å². The molecule has 4 aliphatic heterocycles. The second-order valence-corrected chi connectivity index (χ2v) is 15.5. The number of carbonyl (C=O) groups excluding carboxylic acids is 1. The SMILES string of the molecule is O=C(c1cc(Cl)c(OCCCCCNCC(O)c2ccc(O)c3[nH]c(=O)ccc23)c(Cl)c1)N1CCC(c2ccccc2)CC1C1CN2CCC1CC2. The number of unbranched alkanes of at least 4 members (excludes halogenated alkanes) is 2. The molecule has 4 aliphatic rings. The highest BCUT2D eigenvalue weighted by atomic mass is 35.5. The normalized spacial score (nSPS) is 23.5. The molecule has 0 saturated carbocycles. The summed E-state index contributed by atoms with van der Waals surface area (Å²) in [6, 6.07) is 20.5. The molecule has 52 heavy (non-hydrogen) atoms. The smallest absolute Gasteiger partial charge is 0.254 e. The highest BCUT2D eigenvalue weighted by Crippen LogP contribution is 2.43. The Morgan fingerprint density at radius 3 is 2.46 bits per heavy atom. The number of fused-ring (bicyclic) bond motifs is 4. The summed E-state index contributed by atoms with van der Waals surface area (Å²) >= 11 is 13.4. The third-order valence-electron chi connectivity index (χ3n) is 11.5. The van der Waals surface area contributed by atoms with Gasteiger partial charge in [0.25, 0.3) is 5.91 Å². The van der Waals surface area contributed by atoms with Crippen molar-refractivity contribution in [2.24, 2.45) is 11.8 Å². The zero-order valence-electron chi connectivity index (χ0n) is 29.4. The van der Waals surface area contributed by atoms with Crippen LogP contribution >= 0.6 is 23.2 Å². The van der Waals surface area contributed by atoms with E-state index >= 15 is 0 Å². The molecule has 0 spiro atoms. The number of hydrogen-bond acceptors (Lipinski definition) is 7. The van der Waals surface area contributed by atoms with Crippen molar-refractivity contribution < 1.29 is 19.7 Å². The third kappa shape index (κ3) is 8.14. The highest BCUT2D eigenvalue weighted by molar-refractivity contribution is 6.37. The van der Waals surface area contributed by atoms with Crippen LogP contribution in [0.3, 0.4) is 0 Å². The molecule has 4 atom stereocenters. The van der Waals surface area contributed by atoms with Crippen molar-refractivity contribution in [1.29, 1.82) is 0 Å². The number of aromatic hydroxyl groups is 1. The Morgan fingerprint density at radius 1 is 0.962 bits per heavy atom. The molecular formula is C41H48Cl2N4O5. The second-order valence-electron chi connectivity index (χ2n) is 14.7. The molecule has 8 rings (SSSR count). The number of amides is 1. The zero-order chi connectivity index (χ0) is 36.2. The van der Waals surface area contributed by atoms with Gasteiger partial charge < -0.3 is 35.1 Å². The van der Waals surface area contributed by atoms with Gasteiger partial charge in [0.15, 0.2) is 5.75 Å². The van der Waals surface area contributed by atoms with E-state index < -0.39 is 6.10 Å². The number of hydrogen-bond donors (Lipinski definition) is 4. The van der Waals surface area contributed by atoms with E-state index in [1.807, 2.05) is 0 Å². The molecule has 11 heteroatoms. The lowest BCUT2D eigenvalue weighted by Gasteiger charge is -2.52. The fraction of sp³-hybridized carbons (Fsp3) is 0.463. The molecule has 9 nitrogen and oxygen atoms in total. The van der Waals surface area contributed by atoms with Crippen molar-refractivity contribution >= 4 is 40.0 Å². The number of halogens is 2. The molecule has 4 aromatic rings. The number of nitrogens with one attached hydrogen (secondary N) is 2. The number of phenolic OH excluding ortho intramolecular Hbond substituents is 1. The lowest BCUT2D eigenvalue weighted by Crippen LogP contribution is -2.58. The van der Waals surface area contributed by atoms with Crippen LogP contribution in [0.25, 0.3) is 10.9 Å². The topological polar surface area (TPSA) is 118 Å². The van der Waals surface area contributed by atoms with Crippen LogP contribution < -0.4 is 15.6 Å². The Morgan fingerprint density at radius 2 is 1.73 bits per heavy atom. The van der Waals surface area contributed by atoms with Gasteiger partial charge in [-0.15, -0.1) is 0 Å². The Labute approximate surface area is 314 Å². The number of likely N-dealkylation sites (tertiary alicyclic amines) is 1. The van der Waals surface area contributed by atoms with E-state index in [2.05, 4.69) is 50.4 Å². The molecule has 276 valence electrons. The van der Waals surface area contributed by atoms with Crippen molar-refractivity contribution in [2.45, 2.75) is 63.0 Å². The minimum atomic E-state index is -0.802. The van der Waals surface area contributed by atoms with E-state index in [1.54, 1.807) is 24.3 Å². The molecule has 1 aromatic heterocycles. The summed E-state index contributed by atoms with van der Waals surface area (Å²) < 4.78 is 6.02. The first-order valence-corrected chi connectivity index (χ1v) is 19.5. The molecule has 4 N–H and O–H groups in total. The predicted octanol–water partition coefficient (Wildman–Crippen LogP) is 7.14. The number of nitrogens with zero attached hydrogens (tertiary/aromatic N) is 2. The van der Waals surface area contributed by atoms with Crippen LogP contribution in [0, 0.1) is 11.8 Å². The average Bonchev–Trinajstić information content (AvgIpc) is 3.17. The molecular weight excluding hydrogens is 699 g/mol. The van der Waals surface area contributed by atoms with Crippen LogP contribution in [0.4, 0.5) is 0 Å². The maximum absolute atomic E-state index is 14.2. The number of aromatic amines is 1. The standard InChI is InChI=1S/C41H48Cl2N4O5/c42-33-21-29(41(51)47-19-15-28(26-7-3-1-4-8-26)23-35(47)32-25-46-17-13-27(32)14-18-46)22-34(43)40(33)52-20-6-2-5-16-44-24-37(49)30-9-11-36(48)39-31(30)10-12-38(50)45-39/h1,3-4,7-12,21-22,27-28,32,35,37,44,48-49H,2,5-6,13-20,23-25H2,(H,45,50). The average molecular weight is 748 g/mol. The van der Waals surface area contributed by atoms with Gasteiger partial charge >= 0.3 is 0 Å². The Kier molecular flexibility index (Phi) is 11.7. The summed E-state index contributed by atoms with van der Waals surface area (Å²) in [7, 11) is 0. The summed E-state index contributed by atoms with van der Waals surface area (Å²) in [5.41, 5.74) is 2.51. The number of carbonyl (C=O) groups is 1. The first-order chi connectivity index (χ1) is 25.3. The van der Waals surface area contributed by atoms with E-state index in [0.717, 1.165) is 38.6 Å². The van der Waals surface area contributed by atoms with Gasteiger partial charge in [0.05, 0.1) is 28.3 Å². The molecule has 5 heterocycles. The summed E-state index contributed by atoms with van der Waals surface area (Å²) in [5, 5.41) is 25.4. The monoisotopic (exact) mass is 746 g/mol. The number of rotatable bonds is 13. The van der Waals surface area contributed by atoms with Crippen molar-refractivity contribution in [3.8, 4) is 11.5 Å². The predicted molar refractivity (Wildman–Crippen MR) is 206 cm³/mol. The van der Waals surface area contributed by atoms with Crippen LogP contribution in [0.15, 0.2) is 71.5 Å². The lowest BCUT2D eigenvalue weighted by molar-refractivity contribution is -0.0155. The van der Waals surface area contributed by atoms with E-state index in [0.29, 0.717) is 81.8 Å². The Balaban J connectivity index is 0.903. The van der Waals surface area contributed by atoms with Gasteiger partial charge in [-0.3, -0.25) is 9.59 Å². The summed E-state index contributed by atoms with van der Waals surface area (Å²) in [6.07, 6.45) is 6.08. The van der Waals surface area contributed by atoms with E-state index in [4.69, 9.17) is 27.9 Å². The summed E-state index contributed by atoms with van der Waals surface area (Å²) in [6.45, 7) is 5.58. The maximum atomic E-state index is 14.2. The largest absolute Gasteiger partial charge is 0.506 e. The maximum Gasteiger partial charge on any atom is 0.254 e. The second kappa shape index (κ2) is 16.6. The Hall–Kier alpha value is -3.60. The number of aliphatic hydroxyl groups is 1. The van der Waals surface area contributed by atoms with Crippen molar-refractivity contribution in [1.82, 2.24) is 20.1 Å². The number of ether oxygens (including phenoxy) is 1. The first kappa shape index (κ1) is 36.7. The van der Waals surface area contributed by atoms with Crippen molar-refractivity contribution in [2.75, 3.05) is 45.9 Å². The Bertz CT molecular complexity index is 1890.